The minimum absolute atomic E-state index is 0.0895. The number of hydrogen-bond acceptors (Lipinski definition) is 7. The van der Waals surface area contributed by atoms with Gasteiger partial charge in [0.25, 0.3) is 11.8 Å². The molecule has 0 bridgehead atoms. The molecule has 1 aromatic carbocycles. The lowest BCUT2D eigenvalue weighted by Gasteiger charge is -2.22. The van der Waals surface area contributed by atoms with Crippen LogP contribution in [0.2, 0.25) is 0 Å². The van der Waals surface area contributed by atoms with E-state index in [9.17, 15) is 14.9 Å². The summed E-state index contributed by atoms with van der Waals surface area (Å²) in [5.41, 5.74) is 4.92. The predicted octanol–water partition coefficient (Wildman–Crippen LogP) is 2.85. The molecule has 1 heterocycles. The van der Waals surface area contributed by atoms with Crippen LogP contribution in [0.5, 0.6) is 5.88 Å². The monoisotopic (exact) mass is 357 g/mol. The number of hydrogen-bond donors (Lipinski definition) is 2. The van der Waals surface area contributed by atoms with Crippen molar-refractivity contribution in [1.82, 2.24) is 15.4 Å². The van der Waals surface area contributed by atoms with E-state index in [4.69, 9.17) is 4.74 Å². The first-order chi connectivity index (χ1) is 12.6. The van der Waals surface area contributed by atoms with Crippen molar-refractivity contribution in [2.75, 3.05) is 5.43 Å². The van der Waals surface area contributed by atoms with Gasteiger partial charge in [-0.1, -0.05) is 24.6 Å². The van der Waals surface area contributed by atoms with E-state index in [1.54, 1.807) is 30.3 Å². The Morgan fingerprint density at radius 2 is 1.88 bits per heavy atom. The van der Waals surface area contributed by atoms with E-state index < -0.39 is 16.5 Å². The van der Waals surface area contributed by atoms with Crippen LogP contribution in [-0.4, -0.2) is 26.9 Å². The van der Waals surface area contributed by atoms with E-state index in [2.05, 4.69) is 20.8 Å². The van der Waals surface area contributed by atoms with Crippen molar-refractivity contribution in [2.45, 2.75) is 38.2 Å². The summed E-state index contributed by atoms with van der Waals surface area (Å²) in [5, 5.41) is 11.5. The number of aromatic nitrogens is 2. The van der Waals surface area contributed by atoms with Crippen LogP contribution in [0.4, 0.5) is 11.5 Å². The van der Waals surface area contributed by atoms with E-state index in [1.165, 1.54) is 6.33 Å². The molecule has 1 aliphatic rings. The molecular weight excluding hydrogens is 338 g/mol. The molecule has 1 saturated carbocycles. The standard InChI is InChI=1S/C17H19N5O4/c23-16(12-7-3-1-4-8-12)21-20-15-14(22(24)25)17(19-11-18-15)26-13-9-5-2-6-10-13/h1,3-4,7-8,11,13H,2,5-6,9-10H2,(H,21,23)(H,18,19,20). The predicted molar refractivity (Wildman–Crippen MR) is 93.7 cm³/mol. The molecule has 9 heteroatoms. The molecule has 2 N–H and O–H groups in total. The molecule has 0 radical (unpaired) electrons. The van der Waals surface area contributed by atoms with Crippen molar-refractivity contribution in [1.29, 1.82) is 0 Å². The van der Waals surface area contributed by atoms with Crippen molar-refractivity contribution < 1.29 is 14.5 Å². The number of benzene rings is 1. The van der Waals surface area contributed by atoms with Crippen LogP contribution < -0.4 is 15.6 Å². The summed E-state index contributed by atoms with van der Waals surface area (Å²) in [4.78, 5) is 30.7. The molecule has 26 heavy (non-hydrogen) atoms. The summed E-state index contributed by atoms with van der Waals surface area (Å²) in [6, 6.07) is 8.48. The zero-order chi connectivity index (χ0) is 18.4. The molecule has 3 rings (SSSR count). The number of rotatable bonds is 6. The summed E-state index contributed by atoms with van der Waals surface area (Å²) >= 11 is 0. The van der Waals surface area contributed by atoms with Crippen LogP contribution in [0.3, 0.4) is 0 Å². The molecule has 0 saturated heterocycles. The van der Waals surface area contributed by atoms with Crippen molar-refractivity contribution >= 4 is 17.4 Å². The van der Waals surface area contributed by atoms with Crippen LogP contribution in [0.25, 0.3) is 0 Å². The van der Waals surface area contributed by atoms with Crippen LogP contribution in [0, 0.1) is 10.1 Å². The minimum Gasteiger partial charge on any atom is -0.469 e. The molecule has 9 nitrogen and oxygen atoms in total. The second kappa shape index (κ2) is 8.24. The quantitative estimate of drug-likeness (QED) is 0.602. The first-order valence-electron chi connectivity index (χ1n) is 8.42. The largest absolute Gasteiger partial charge is 0.469 e. The number of anilines is 1. The molecule has 1 amide bonds. The van der Waals surface area contributed by atoms with Crippen LogP contribution in [0.1, 0.15) is 42.5 Å². The number of carbonyl (C=O) groups is 1. The highest BCUT2D eigenvalue weighted by atomic mass is 16.6. The van der Waals surface area contributed by atoms with E-state index >= 15 is 0 Å². The Labute approximate surface area is 149 Å². The third kappa shape index (κ3) is 4.24. The Morgan fingerprint density at radius 1 is 1.15 bits per heavy atom. The van der Waals surface area contributed by atoms with Gasteiger partial charge < -0.3 is 4.74 Å². The fraction of sp³-hybridized carbons (Fsp3) is 0.353. The number of hydrazine groups is 1. The van der Waals surface area contributed by atoms with Crippen molar-refractivity contribution in [2.24, 2.45) is 0 Å². The summed E-state index contributed by atoms with van der Waals surface area (Å²) in [6.07, 6.45) is 5.96. The number of nitrogens with zero attached hydrogens (tertiary/aromatic N) is 3. The van der Waals surface area contributed by atoms with Gasteiger partial charge in [-0.25, -0.2) is 4.98 Å². The maximum Gasteiger partial charge on any atom is 0.374 e. The SMILES string of the molecule is O=C(NNc1ncnc(OC2CCCCC2)c1[N+](=O)[O-])c1ccccc1. The maximum absolute atomic E-state index is 12.1. The topological polar surface area (TPSA) is 119 Å². The number of nitrogens with one attached hydrogen (secondary N) is 2. The van der Waals surface area contributed by atoms with Gasteiger partial charge in [0.05, 0.1) is 4.92 Å². The van der Waals surface area contributed by atoms with Gasteiger partial charge in [0, 0.05) is 5.56 Å². The average Bonchev–Trinajstić information content (AvgIpc) is 2.67. The maximum atomic E-state index is 12.1. The van der Waals surface area contributed by atoms with E-state index in [0.29, 0.717) is 5.56 Å². The Morgan fingerprint density at radius 3 is 2.58 bits per heavy atom. The second-order valence-electron chi connectivity index (χ2n) is 5.96. The number of ether oxygens (including phenoxy) is 1. The molecule has 0 unspecified atom stereocenters. The molecule has 0 aliphatic heterocycles. The zero-order valence-electron chi connectivity index (χ0n) is 14.1. The van der Waals surface area contributed by atoms with Gasteiger partial charge in [0.15, 0.2) is 0 Å². The Bertz CT molecular complexity index is 778. The summed E-state index contributed by atoms with van der Waals surface area (Å²) in [6.45, 7) is 0. The van der Waals surface area contributed by atoms with Crippen LogP contribution in [0.15, 0.2) is 36.7 Å². The summed E-state index contributed by atoms with van der Waals surface area (Å²) in [7, 11) is 0. The summed E-state index contributed by atoms with van der Waals surface area (Å²) < 4.78 is 5.73. The second-order valence-corrected chi connectivity index (χ2v) is 5.96. The Balaban J connectivity index is 1.75. The fourth-order valence-electron chi connectivity index (χ4n) is 2.82. The van der Waals surface area contributed by atoms with Crippen LogP contribution >= 0.6 is 0 Å². The third-order valence-corrected chi connectivity index (χ3v) is 4.13. The van der Waals surface area contributed by atoms with Gasteiger partial charge in [-0.05, 0) is 37.8 Å². The lowest BCUT2D eigenvalue weighted by Crippen LogP contribution is -2.30. The van der Waals surface area contributed by atoms with Gasteiger partial charge >= 0.3 is 5.69 Å². The first kappa shape index (κ1) is 17.6. The molecule has 136 valence electrons. The summed E-state index contributed by atoms with van der Waals surface area (Å²) in [5.74, 6) is -0.651. The number of nitro groups is 1. The molecule has 1 aromatic heterocycles. The van der Waals surface area contributed by atoms with E-state index in [-0.39, 0.29) is 17.8 Å². The minimum atomic E-state index is -0.616. The molecular formula is C17H19N5O4. The zero-order valence-corrected chi connectivity index (χ0v) is 14.1. The molecule has 1 aliphatic carbocycles. The molecule has 0 atom stereocenters. The van der Waals surface area contributed by atoms with E-state index in [1.807, 2.05) is 0 Å². The average molecular weight is 357 g/mol. The first-order valence-corrected chi connectivity index (χ1v) is 8.42. The third-order valence-electron chi connectivity index (χ3n) is 4.13. The van der Waals surface area contributed by atoms with Gasteiger partial charge in [-0.2, -0.15) is 4.98 Å². The smallest absolute Gasteiger partial charge is 0.374 e. The van der Waals surface area contributed by atoms with E-state index in [0.717, 1.165) is 32.1 Å². The normalized spacial score (nSPS) is 14.5. The molecule has 1 fully saturated rings. The Hall–Kier alpha value is -3.23. The lowest BCUT2D eigenvalue weighted by atomic mass is 9.98. The highest BCUT2D eigenvalue weighted by Crippen LogP contribution is 2.33. The van der Waals surface area contributed by atoms with Gasteiger partial charge in [0.1, 0.15) is 12.4 Å². The van der Waals surface area contributed by atoms with Crippen LogP contribution in [-0.2, 0) is 0 Å². The lowest BCUT2D eigenvalue weighted by molar-refractivity contribution is -0.385. The molecule has 2 aromatic rings. The number of carbonyl (C=O) groups excluding carboxylic acids is 1. The Kier molecular flexibility index (Phi) is 5.57. The van der Waals surface area contributed by atoms with Crippen molar-refractivity contribution in [3.8, 4) is 5.88 Å². The fourth-order valence-corrected chi connectivity index (χ4v) is 2.82. The van der Waals surface area contributed by atoms with Gasteiger partial charge in [0.2, 0.25) is 5.82 Å². The highest BCUT2D eigenvalue weighted by Gasteiger charge is 2.27. The van der Waals surface area contributed by atoms with Gasteiger partial charge in [-0.3, -0.25) is 25.8 Å². The number of amides is 1. The van der Waals surface area contributed by atoms with Crippen molar-refractivity contribution in [3.63, 3.8) is 0 Å². The van der Waals surface area contributed by atoms with Gasteiger partial charge in [-0.15, -0.1) is 0 Å². The molecule has 0 spiro atoms. The highest BCUT2D eigenvalue weighted by molar-refractivity contribution is 5.94. The van der Waals surface area contributed by atoms with Crippen molar-refractivity contribution in [3.05, 3.63) is 52.3 Å².